The minimum absolute atomic E-state index is 0.0521. The molecule has 0 saturated heterocycles. The van der Waals surface area contributed by atoms with Crippen LogP contribution in [0.5, 0.6) is 0 Å². The van der Waals surface area contributed by atoms with E-state index in [9.17, 15) is 13.6 Å². The highest BCUT2D eigenvalue weighted by atomic mass is 79.9. The Morgan fingerprint density at radius 1 is 1.62 bits per heavy atom. The van der Waals surface area contributed by atoms with Crippen molar-refractivity contribution in [1.82, 2.24) is 4.98 Å². The fourth-order valence-electron chi connectivity index (χ4n) is 0.835. The lowest BCUT2D eigenvalue weighted by atomic mass is 10.2. The van der Waals surface area contributed by atoms with E-state index in [0.29, 0.717) is 0 Å². The summed E-state index contributed by atoms with van der Waals surface area (Å²) in [6.45, 7) is -0.475. The van der Waals surface area contributed by atoms with Crippen LogP contribution in [0.15, 0.2) is 15.3 Å². The SMILES string of the molecule is O=c1[nH]c(C(F)F)c(Br)cc1CO. The highest BCUT2D eigenvalue weighted by Crippen LogP contribution is 2.24. The third kappa shape index (κ3) is 2.13. The smallest absolute Gasteiger partial charge is 0.279 e. The number of aliphatic hydroxyl groups is 1. The lowest BCUT2D eigenvalue weighted by molar-refractivity contribution is 0.144. The molecule has 0 fully saturated rings. The Bertz CT molecular complexity index is 364. The number of H-pyrrole nitrogens is 1. The van der Waals surface area contributed by atoms with Crippen LogP contribution < -0.4 is 5.56 Å². The number of rotatable bonds is 2. The van der Waals surface area contributed by atoms with Crippen molar-refractivity contribution in [3.8, 4) is 0 Å². The van der Waals surface area contributed by atoms with Gasteiger partial charge in [-0.15, -0.1) is 0 Å². The van der Waals surface area contributed by atoms with Crippen LogP contribution in [-0.2, 0) is 6.61 Å². The first-order chi connectivity index (χ1) is 6.06. The Hall–Kier alpha value is -0.750. The van der Waals surface area contributed by atoms with Crippen molar-refractivity contribution in [3.63, 3.8) is 0 Å². The molecule has 1 aromatic rings. The number of alkyl halides is 2. The molecule has 3 nitrogen and oxygen atoms in total. The molecule has 0 aromatic carbocycles. The van der Waals surface area contributed by atoms with Gasteiger partial charge < -0.3 is 10.1 Å². The average Bonchev–Trinajstić information content (AvgIpc) is 2.07. The maximum Gasteiger partial charge on any atom is 0.279 e. The van der Waals surface area contributed by atoms with Crippen LogP contribution >= 0.6 is 15.9 Å². The molecule has 0 spiro atoms. The molecule has 0 aliphatic heterocycles. The van der Waals surface area contributed by atoms with E-state index in [1.165, 1.54) is 6.07 Å². The zero-order chi connectivity index (χ0) is 10.0. The molecule has 2 N–H and O–H groups in total. The molecule has 13 heavy (non-hydrogen) atoms. The molecule has 1 heterocycles. The van der Waals surface area contributed by atoms with Gasteiger partial charge >= 0.3 is 0 Å². The zero-order valence-corrected chi connectivity index (χ0v) is 7.94. The van der Waals surface area contributed by atoms with E-state index in [1.54, 1.807) is 0 Å². The number of aromatic nitrogens is 1. The summed E-state index contributed by atoms with van der Waals surface area (Å²) in [6, 6.07) is 1.18. The van der Waals surface area contributed by atoms with Crippen LogP contribution in [0.4, 0.5) is 8.78 Å². The summed E-state index contributed by atoms with van der Waals surface area (Å²) < 4.78 is 24.5. The molecule has 6 heteroatoms. The van der Waals surface area contributed by atoms with Gasteiger partial charge in [-0.2, -0.15) is 0 Å². The third-order valence-electron chi connectivity index (χ3n) is 1.49. The van der Waals surface area contributed by atoms with E-state index in [2.05, 4.69) is 15.9 Å². The highest BCUT2D eigenvalue weighted by Gasteiger charge is 2.14. The fourth-order valence-corrected chi connectivity index (χ4v) is 1.38. The molecule has 1 aromatic heterocycles. The standard InChI is InChI=1S/C7H6BrF2NO2/c8-4-1-3(2-12)7(13)11-5(4)6(9)10/h1,6,12H,2H2,(H,11,13). The van der Waals surface area contributed by atoms with E-state index in [-0.39, 0.29) is 10.0 Å². The maximum atomic E-state index is 12.2. The van der Waals surface area contributed by atoms with Gasteiger partial charge in [0, 0.05) is 10.0 Å². The first-order valence-electron chi connectivity index (χ1n) is 3.37. The van der Waals surface area contributed by atoms with Crippen LogP contribution in [0.2, 0.25) is 0 Å². The van der Waals surface area contributed by atoms with Crippen molar-refractivity contribution in [2.24, 2.45) is 0 Å². The van der Waals surface area contributed by atoms with Crippen LogP contribution in [-0.4, -0.2) is 10.1 Å². The van der Waals surface area contributed by atoms with Gasteiger partial charge in [0.05, 0.1) is 12.3 Å². The lowest BCUT2D eigenvalue weighted by Gasteiger charge is -2.03. The first kappa shape index (κ1) is 10.3. The van der Waals surface area contributed by atoms with Crippen molar-refractivity contribution in [3.05, 3.63) is 32.2 Å². The molecule has 0 bridgehead atoms. The second-order valence-corrected chi connectivity index (χ2v) is 3.20. The lowest BCUT2D eigenvalue weighted by Crippen LogP contribution is -2.15. The Morgan fingerprint density at radius 3 is 2.69 bits per heavy atom. The molecule has 72 valence electrons. The number of pyridine rings is 1. The summed E-state index contributed by atoms with van der Waals surface area (Å²) in [4.78, 5) is 12.9. The molecule has 1 rings (SSSR count). The Labute approximate surface area is 80.5 Å². The molecule has 0 saturated carbocycles. The summed E-state index contributed by atoms with van der Waals surface area (Å²) in [5.74, 6) is 0. The molecule has 0 aliphatic rings. The summed E-state index contributed by atoms with van der Waals surface area (Å²) in [5.41, 5.74) is -1.11. The van der Waals surface area contributed by atoms with Gasteiger partial charge in [0.1, 0.15) is 0 Å². The largest absolute Gasteiger partial charge is 0.391 e. The van der Waals surface area contributed by atoms with Gasteiger partial charge in [0.2, 0.25) is 0 Å². The Kier molecular flexibility index (Phi) is 3.16. The predicted molar refractivity (Wildman–Crippen MR) is 45.6 cm³/mol. The summed E-state index contributed by atoms with van der Waals surface area (Å²) in [7, 11) is 0. The van der Waals surface area contributed by atoms with Gasteiger partial charge in [-0.1, -0.05) is 0 Å². The van der Waals surface area contributed by atoms with E-state index in [4.69, 9.17) is 5.11 Å². The summed E-state index contributed by atoms with van der Waals surface area (Å²) in [6.07, 6.45) is -2.74. The molecular weight excluding hydrogens is 248 g/mol. The van der Waals surface area contributed by atoms with Gasteiger partial charge in [-0.05, 0) is 22.0 Å². The normalized spacial score (nSPS) is 10.8. The maximum absolute atomic E-state index is 12.2. The molecule has 0 amide bonds. The number of hydrogen-bond acceptors (Lipinski definition) is 2. The molecule has 0 unspecified atom stereocenters. The number of aliphatic hydroxyl groups excluding tert-OH is 1. The molecule has 0 radical (unpaired) electrons. The van der Waals surface area contributed by atoms with E-state index in [1.807, 2.05) is 4.98 Å². The molecule has 0 atom stereocenters. The average molecular weight is 254 g/mol. The Morgan fingerprint density at radius 2 is 2.23 bits per heavy atom. The van der Waals surface area contributed by atoms with Gasteiger partial charge in [0.15, 0.2) is 0 Å². The topological polar surface area (TPSA) is 53.1 Å². The minimum atomic E-state index is -2.74. The van der Waals surface area contributed by atoms with E-state index >= 15 is 0 Å². The third-order valence-corrected chi connectivity index (χ3v) is 2.14. The van der Waals surface area contributed by atoms with Gasteiger partial charge in [-0.3, -0.25) is 4.79 Å². The molecular formula is C7H6BrF2NO2. The molecule has 0 aliphatic carbocycles. The Balaban J connectivity index is 3.29. The fraction of sp³-hybridized carbons (Fsp3) is 0.286. The number of aromatic amines is 1. The van der Waals surface area contributed by atoms with Gasteiger partial charge in [-0.25, -0.2) is 8.78 Å². The second kappa shape index (κ2) is 3.97. The zero-order valence-electron chi connectivity index (χ0n) is 6.35. The first-order valence-corrected chi connectivity index (χ1v) is 4.16. The van der Waals surface area contributed by atoms with Crippen molar-refractivity contribution >= 4 is 15.9 Å². The number of halogens is 3. The van der Waals surface area contributed by atoms with Crippen LogP contribution in [0, 0.1) is 0 Å². The van der Waals surface area contributed by atoms with Crippen molar-refractivity contribution in [2.45, 2.75) is 13.0 Å². The van der Waals surface area contributed by atoms with Crippen LogP contribution in [0.3, 0.4) is 0 Å². The van der Waals surface area contributed by atoms with Gasteiger partial charge in [0.25, 0.3) is 12.0 Å². The monoisotopic (exact) mass is 253 g/mol. The van der Waals surface area contributed by atoms with Crippen molar-refractivity contribution in [1.29, 1.82) is 0 Å². The van der Waals surface area contributed by atoms with E-state index in [0.717, 1.165) is 0 Å². The van der Waals surface area contributed by atoms with Crippen molar-refractivity contribution < 1.29 is 13.9 Å². The summed E-state index contributed by atoms with van der Waals surface area (Å²) in [5, 5.41) is 8.64. The quantitative estimate of drug-likeness (QED) is 0.841. The summed E-state index contributed by atoms with van der Waals surface area (Å²) >= 11 is 2.86. The predicted octanol–water partition coefficient (Wildman–Crippen LogP) is 1.57. The van der Waals surface area contributed by atoms with Crippen LogP contribution in [0.25, 0.3) is 0 Å². The number of nitrogens with one attached hydrogen (secondary N) is 1. The minimum Gasteiger partial charge on any atom is -0.391 e. The van der Waals surface area contributed by atoms with E-state index < -0.39 is 24.3 Å². The highest BCUT2D eigenvalue weighted by molar-refractivity contribution is 9.10. The van der Waals surface area contributed by atoms with Crippen molar-refractivity contribution in [2.75, 3.05) is 0 Å². The second-order valence-electron chi connectivity index (χ2n) is 2.34. The van der Waals surface area contributed by atoms with Crippen LogP contribution in [0.1, 0.15) is 17.7 Å². The number of hydrogen-bond donors (Lipinski definition) is 2.